The molecule has 2 unspecified atom stereocenters. The fraction of sp³-hybridized carbons (Fsp3) is 1.00. The highest BCUT2D eigenvalue weighted by Crippen LogP contribution is 2.15. The van der Waals surface area contributed by atoms with E-state index in [-0.39, 0.29) is 0 Å². The first-order valence-electron chi connectivity index (χ1n) is 5.66. The first kappa shape index (κ1) is 12.0. The largest absolute Gasteiger partial charge is 0.383 e. The van der Waals surface area contributed by atoms with Crippen molar-refractivity contribution in [1.82, 2.24) is 5.32 Å². The molecule has 1 saturated heterocycles. The smallest absolute Gasteiger partial charge is 0.0615 e. The fourth-order valence-electron chi connectivity index (χ4n) is 1.82. The third kappa shape index (κ3) is 4.40. The minimum atomic E-state index is 0.516. The van der Waals surface area contributed by atoms with E-state index in [2.05, 4.69) is 12.2 Å². The number of hydrogen-bond donors (Lipinski definition) is 1. The minimum absolute atomic E-state index is 0.516. The van der Waals surface area contributed by atoms with Crippen LogP contribution in [0.4, 0.5) is 0 Å². The molecule has 1 fully saturated rings. The van der Waals surface area contributed by atoms with Gasteiger partial charge in [-0.25, -0.2) is 0 Å². The maximum Gasteiger partial charge on any atom is 0.0615 e. The van der Waals surface area contributed by atoms with E-state index < -0.39 is 0 Å². The van der Waals surface area contributed by atoms with Gasteiger partial charge in [-0.3, -0.25) is 0 Å². The van der Waals surface area contributed by atoms with E-state index in [0.717, 1.165) is 38.7 Å². The van der Waals surface area contributed by atoms with Crippen LogP contribution in [0.1, 0.15) is 26.2 Å². The predicted molar refractivity (Wildman–Crippen MR) is 57.5 cm³/mol. The van der Waals surface area contributed by atoms with E-state index >= 15 is 0 Å². The minimum Gasteiger partial charge on any atom is -0.383 e. The van der Waals surface area contributed by atoms with Crippen LogP contribution in [0.5, 0.6) is 0 Å². The zero-order valence-electron chi connectivity index (χ0n) is 9.42. The number of ether oxygens (including phenoxy) is 2. The predicted octanol–water partition coefficient (Wildman–Crippen LogP) is 1.43. The summed E-state index contributed by atoms with van der Waals surface area (Å²) in [6.45, 7) is 6.02. The summed E-state index contributed by atoms with van der Waals surface area (Å²) in [6.07, 6.45) is 3.61. The molecule has 14 heavy (non-hydrogen) atoms. The Labute approximate surface area is 87.2 Å². The van der Waals surface area contributed by atoms with Crippen LogP contribution in [0, 0.1) is 5.92 Å². The van der Waals surface area contributed by atoms with Gasteiger partial charge in [-0.15, -0.1) is 0 Å². The van der Waals surface area contributed by atoms with Gasteiger partial charge in [0.05, 0.1) is 6.61 Å². The average molecular weight is 201 g/mol. The second-order valence-electron chi connectivity index (χ2n) is 4.03. The summed E-state index contributed by atoms with van der Waals surface area (Å²) < 4.78 is 10.5. The van der Waals surface area contributed by atoms with Crippen LogP contribution >= 0.6 is 0 Å². The Morgan fingerprint density at radius 2 is 2.43 bits per heavy atom. The Balaban J connectivity index is 2.00. The lowest BCUT2D eigenvalue weighted by Crippen LogP contribution is -2.34. The van der Waals surface area contributed by atoms with Crippen molar-refractivity contribution in [2.45, 2.75) is 32.2 Å². The van der Waals surface area contributed by atoms with Gasteiger partial charge in [-0.2, -0.15) is 0 Å². The lowest BCUT2D eigenvalue weighted by Gasteiger charge is -2.16. The zero-order chi connectivity index (χ0) is 10.2. The highest BCUT2D eigenvalue weighted by molar-refractivity contribution is 4.68. The normalized spacial score (nSPS) is 24.0. The molecule has 0 amide bonds. The molecule has 1 heterocycles. The molecule has 2 atom stereocenters. The molecule has 0 aromatic rings. The van der Waals surface area contributed by atoms with Crippen LogP contribution in [-0.4, -0.2) is 39.5 Å². The molecule has 0 spiro atoms. The van der Waals surface area contributed by atoms with Gasteiger partial charge in [-0.05, 0) is 31.7 Å². The zero-order valence-corrected chi connectivity index (χ0v) is 9.42. The van der Waals surface area contributed by atoms with Crippen molar-refractivity contribution < 1.29 is 9.47 Å². The second kappa shape index (κ2) is 7.21. The van der Waals surface area contributed by atoms with Gasteiger partial charge in [0.1, 0.15) is 0 Å². The second-order valence-corrected chi connectivity index (χ2v) is 4.03. The Morgan fingerprint density at radius 3 is 3.00 bits per heavy atom. The van der Waals surface area contributed by atoms with Crippen LogP contribution in [0.2, 0.25) is 0 Å². The van der Waals surface area contributed by atoms with Crippen LogP contribution < -0.4 is 5.32 Å². The summed E-state index contributed by atoms with van der Waals surface area (Å²) in [5.41, 5.74) is 0. The van der Waals surface area contributed by atoms with E-state index in [1.165, 1.54) is 12.8 Å². The highest BCUT2D eigenvalue weighted by Gasteiger charge is 2.15. The molecule has 0 aliphatic carbocycles. The quantitative estimate of drug-likeness (QED) is 0.676. The molecule has 3 nitrogen and oxygen atoms in total. The van der Waals surface area contributed by atoms with Gasteiger partial charge in [0, 0.05) is 26.4 Å². The Hall–Kier alpha value is -0.120. The molecule has 1 N–H and O–H groups in total. The van der Waals surface area contributed by atoms with Gasteiger partial charge >= 0.3 is 0 Å². The topological polar surface area (TPSA) is 30.5 Å². The van der Waals surface area contributed by atoms with E-state index in [0.29, 0.717) is 6.04 Å². The van der Waals surface area contributed by atoms with Crippen LogP contribution in [0.25, 0.3) is 0 Å². The summed E-state index contributed by atoms with van der Waals surface area (Å²) in [6, 6.07) is 0.516. The molecule has 1 aliphatic rings. The first-order valence-corrected chi connectivity index (χ1v) is 5.66. The standard InChI is InChI=1S/C11H23NO2/c1-3-11(9-13-2)12-6-4-10-5-7-14-8-10/h10-12H,3-9H2,1-2H3. The summed E-state index contributed by atoms with van der Waals surface area (Å²) in [5.74, 6) is 0.780. The Morgan fingerprint density at radius 1 is 1.57 bits per heavy atom. The van der Waals surface area contributed by atoms with Gasteiger partial charge in [0.15, 0.2) is 0 Å². The van der Waals surface area contributed by atoms with Crippen molar-refractivity contribution in [3.63, 3.8) is 0 Å². The summed E-state index contributed by atoms with van der Waals surface area (Å²) >= 11 is 0. The van der Waals surface area contributed by atoms with Crippen molar-refractivity contribution in [2.75, 3.05) is 33.5 Å². The van der Waals surface area contributed by atoms with Crippen molar-refractivity contribution in [3.05, 3.63) is 0 Å². The Bertz CT molecular complexity index is 135. The maximum atomic E-state index is 5.34. The summed E-state index contributed by atoms with van der Waals surface area (Å²) in [4.78, 5) is 0. The summed E-state index contributed by atoms with van der Waals surface area (Å²) in [5, 5.41) is 3.52. The average Bonchev–Trinajstić information content (AvgIpc) is 2.69. The van der Waals surface area contributed by atoms with Crippen LogP contribution in [0.15, 0.2) is 0 Å². The van der Waals surface area contributed by atoms with E-state index in [1.54, 1.807) is 7.11 Å². The summed E-state index contributed by atoms with van der Waals surface area (Å²) in [7, 11) is 1.76. The van der Waals surface area contributed by atoms with Crippen LogP contribution in [-0.2, 0) is 9.47 Å². The monoisotopic (exact) mass is 201 g/mol. The van der Waals surface area contributed by atoms with Crippen molar-refractivity contribution >= 4 is 0 Å². The van der Waals surface area contributed by atoms with Gasteiger partial charge in [0.25, 0.3) is 0 Å². The molecule has 3 heteroatoms. The maximum absolute atomic E-state index is 5.34. The SMILES string of the molecule is CCC(COC)NCCC1CCOC1. The fourth-order valence-corrected chi connectivity index (χ4v) is 1.82. The highest BCUT2D eigenvalue weighted by atomic mass is 16.5. The number of methoxy groups -OCH3 is 1. The Kier molecular flexibility index (Phi) is 6.15. The van der Waals surface area contributed by atoms with Crippen molar-refractivity contribution in [2.24, 2.45) is 5.92 Å². The van der Waals surface area contributed by atoms with Gasteiger partial charge < -0.3 is 14.8 Å². The first-order chi connectivity index (χ1) is 6.86. The molecular weight excluding hydrogens is 178 g/mol. The van der Waals surface area contributed by atoms with Gasteiger partial charge in [-0.1, -0.05) is 6.92 Å². The molecule has 0 aromatic heterocycles. The molecule has 0 radical (unpaired) electrons. The molecule has 1 aliphatic heterocycles. The number of nitrogens with one attached hydrogen (secondary N) is 1. The molecule has 0 bridgehead atoms. The molecule has 84 valence electrons. The third-order valence-corrected chi connectivity index (χ3v) is 2.87. The number of hydrogen-bond acceptors (Lipinski definition) is 3. The van der Waals surface area contributed by atoms with E-state index in [4.69, 9.17) is 9.47 Å². The molecule has 1 rings (SSSR count). The van der Waals surface area contributed by atoms with Crippen molar-refractivity contribution in [1.29, 1.82) is 0 Å². The van der Waals surface area contributed by atoms with Crippen molar-refractivity contribution in [3.8, 4) is 0 Å². The third-order valence-electron chi connectivity index (χ3n) is 2.87. The number of rotatable bonds is 7. The molecular formula is C11H23NO2. The van der Waals surface area contributed by atoms with E-state index in [1.807, 2.05) is 0 Å². The lowest BCUT2D eigenvalue weighted by atomic mass is 10.1. The van der Waals surface area contributed by atoms with Gasteiger partial charge in [0.2, 0.25) is 0 Å². The van der Waals surface area contributed by atoms with E-state index in [9.17, 15) is 0 Å². The lowest BCUT2D eigenvalue weighted by molar-refractivity contribution is 0.161. The molecule has 0 saturated carbocycles. The van der Waals surface area contributed by atoms with Crippen LogP contribution in [0.3, 0.4) is 0 Å². The molecule has 0 aromatic carbocycles.